The van der Waals surface area contributed by atoms with E-state index in [9.17, 15) is 9.59 Å². The zero-order valence-electron chi connectivity index (χ0n) is 17.1. The van der Waals surface area contributed by atoms with E-state index in [1.807, 2.05) is 23.1 Å². The maximum absolute atomic E-state index is 12.6. The molecule has 154 valence electrons. The van der Waals surface area contributed by atoms with Crippen LogP contribution in [0.5, 0.6) is 0 Å². The third kappa shape index (κ3) is 5.77. The van der Waals surface area contributed by atoms with Gasteiger partial charge >= 0.3 is 0 Å². The van der Waals surface area contributed by atoms with Gasteiger partial charge in [-0.2, -0.15) is 0 Å². The molecular weight excluding hydrogens is 352 g/mol. The first-order valence-electron chi connectivity index (χ1n) is 10.9. The number of likely N-dealkylation sites (tertiary alicyclic amines) is 2. The molecule has 3 heterocycles. The van der Waals surface area contributed by atoms with E-state index in [1.165, 1.54) is 0 Å². The van der Waals surface area contributed by atoms with E-state index in [4.69, 9.17) is 0 Å². The first kappa shape index (κ1) is 20.8. The van der Waals surface area contributed by atoms with Crippen molar-refractivity contribution in [1.29, 1.82) is 0 Å². The van der Waals surface area contributed by atoms with Gasteiger partial charge in [-0.05, 0) is 50.8 Å². The van der Waals surface area contributed by atoms with Gasteiger partial charge in [0.05, 0.1) is 18.2 Å². The van der Waals surface area contributed by atoms with Crippen molar-refractivity contribution in [3.63, 3.8) is 0 Å². The lowest BCUT2D eigenvalue weighted by Gasteiger charge is -2.42. The summed E-state index contributed by atoms with van der Waals surface area (Å²) in [6.07, 6.45) is 8.57. The van der Waals surface area contributed by atoms with Gasteiger partial charge in [0, 0.05) is 38.3 Å². The minimum atomic E-state index is 0.0571. The number of nitrogens with zero attached hydrogens (tertiary/aromatic N) is 3. The molecule has 0 bridgehead atoms. The number of pyridine rings is 1. The quantitative estimate of drug-likeness (QED) is 0.782. The Labute approximate surface area is 168 Å². The van der Waals surface area contributed by atoms with Crippen molar-refractivity contribution in [2.24, 2.45) is 5.92 Å². The second-order valence-electron chi connectivity index (χ2n) is 8.09. The van der Waals surface area contributed by atoms with Crippen molar-refractivity contribution in [2.75, 3.05) is 26.2 Å². The molecule has 1 aromatic rings. The van der Waals surface area contributed by atoms with Gasteiger partial charge in [-0.1, -0.05) is 19.4 Å². The molecule has 2 amide bonds. The normalized spacial score (nSPS) is 21.5. The fourth-order valence-corrected chi connectivity index (χ4v) is 4.34. The molecule has 1 N–H and O–H groups in total. The summed E-state index contributed by atoms with van der Waals surface area (Å²) in [5.41, 5.74) is 0.892. The van der Waals surface area contributed by atoms with Crippen molar-refractivity contribution in [3.8, 4) is 0 Å². The maximum Gasteiger partial charge on any atom is 0.224 e. The van der Waals surface area contributed by atoms with Crippen LogP contribution in [0.15, 0.2) is 24.4 Å². The van der Waals surface area contributed by atoms with Crippen molar-refractivity contribution in [3.05, 3.63) is 30.1 Å². The first-order chi connectivity index (χ1) is 13.7. The number of rotatable bonds is 7. The summed E-state index contributed by atoms with van der Waals surface area (Å²) < 4.78 is 0. The summed E-state index contributed by atoms with van der Waals surface area (Å²) in [4.78, 5) is 33.6. The first-order valence-corrected chi connectivity index (χ1v) is 10.9. The molecule has 2 aliphatic heterocycles. The number of piperidine rings is 2. The molecule has 2 fully saturated rings. The summed E-state index contributed by atoms with van der Waals surface area (Å²) >= 11 is 0. The summed E-state index contributed by atoms with van der Waals surface area (Å²) in [5, 5.41) is 3.05. The van der Waals surface area contributed by atoms with Gasteiger partial charge in [-0.3, -0.25) is 19.5 Å². The van der Waals surface area contributed by atoms with E-state index in [2.05, 4.69) is 22.1 Å². The number of amides is 2. The molecule has 0 unspecified atom stereocenters. The van der Waals surface area contributed by atoms with Crippen LogP contribution in [-0.2, 0) is 16.1 Å². The molecule has 28 heavy (non-hydrogen) atoms. The van der Waals surface area contributed by atoms with E-state index in [0.717, 1.165) is 70.4 Å². The highest BCUT2D eigenvalue weighted by Crippen LogP contribution is 2.24. The standard InChI is InChI=1S/C22H34N4O2/c1-2-3-9-21(27)25-14-10-20(11-15-25)26-13-6-7-18(17-26)22(28)24-16-19-8-4-5-12-23-19/h4-5,8,12,18,20H,2-3,6-7,9-11,13-17H2,1H3,(H,24,28)/t18-/m1/s1. The second kappa shape index (κ2) is 10.6. The van der Waals surface area contributed by atoms with E-state index in [0.29, 0.717) is 24.9 Å². The minimum absolute atomic E-state index is 0.0571. The Morgan fingerprint density at radius 1 is 1.18 bits per heavy atom. The Balaban J connectivity index is 1.43. The van der Waals surface area contributed by atoms with Crippen LogP contribution in [0, 0.1) is 5.92 Å². The molecule has 1 atom stereocenters. The molecule has 1 aromatic heterocycles. The number of hydrogen-bond donors (Lipinski definition) is 1. The lowest BCUT2D eigenvalue weighted by Crippen LogP contribution is -2.51. The molecular formula is C22H34N4O2. The number of aromatic nitrogens is 1. The number of carbonyl (C=O) groups is 2. The zero-order valence-corrected chi connectivity index (χ0v) is 17.1. The molecule has 0 aromatic carbocycles. The fourth-order valence-electron chi connectivity index (χ4n) is 4.34. The van der Waals surface area contributed by atoms with Crippen LogP contribution in [0.1, 0.15) is 57.6 Å². The van der Waals surface area contributed by atoms with Crippen LogP contribution in [0.25, 0.3) is 0 Å². The Hall–Kier alpha value is -1.95. The summed E-state index contributed by atoms with van der Waals surface area (Å²) in [6, 6.07) is 6.26. The van der Waals surface area contributed by atoms with E-state index in [1.54, 1.807) is 6.20 Å². The average molecular weight is 387 g/mol. The predicted molar refractivity (Wildman–Crippen MR) is 110 cm³/mol. The van der Waals surface area contributed by atoms with Gasteiger partial charge in [0.2, 0.25) is 11.8 Å². The Morgan fingerprint density at radius 2 is 2.00 bits per heavy atom. The van der Waals surface area contributed by atoms with Gasteiger partial charge in [0.1, 0.15) is 0 Å². The molecule has 0 saturated carbocycles. The smallest absolute Gasteiger partial charge is 0.224 e. The third-order valence-corrected chi connectivity index (χ3v) is 6.07. The SMILES string of the molecule is CCCCC(=O)N1CCC(N2CCC[C@@H](C(=O)NCc3ccccn3)C2)CC1. The van der Waals surface area contributed by atoms with Gasteiger partial charge in [-0.25, -0.2) is 0 Å². The summed E-state index contributed by atoms with van der Waals surface area (Å²) in [6.45, 7) is 6.24. The summed E-state index contributed by atoms with van der Waals surface area (Å²) in [7, 11) is 0. The van der Waals surface area contributed by atoms with E-state index in [-0.39, 0.29) is 11.8 Å². The molecule has 0 aliphatic carbocycles. The minimum Gasteiger partial charge on any atom is -0.350 e. The van der Waals surface area contributed by atoms with Gasteiger partial charge in [0.15, 0.2) is 0 Å². The molecule has 3 rings (SSSR count). The second-order valence-corrected chi connectivity index (χ2v) is 8.09. The van der Waals surface area contributed by atoms with Crippen LogP contribution in [0.3, 0.4) is 0 Å². The largest absolute Gasteiger partial charge is 0.350 e. The highest BCUT2D eigenvalue weighted by molar-refractivity contribution is 5.79. The molecule has 0 spiro atoms. The molecule has 0 radical (unpaired) electrons. The highest BCUT2D eigenvalue weighted by atomic mass is 16.2. The Bertz CT molecular complexity index is 629. The van der Waals surface area contributed by atoms with Crippen LogP contribution in [0.2, 0.25) is 0 Å². The van der Waals surface area contributed by atoms with Crippen molar-refractivity contribution < 1.29 is 9.59 Å². The Morgan fingerprint density at radius 3 is 2.71 bits per heavy atom. The van der Waals surface area contributed by atoms with Crippen molar-refractivity contribution in [2.45, 2.75) is 64.5 Å². The van der Waals surface area contributed by atoms with Gasteiger partial charge < -0.3 is 10.2 Å². The van der Waals surface area contributed by atoms with E-state index < -0.39 is 0 Å². The topological polar surface area (TPSA) is 65.5 Å². The molecule has 2 saturated heterocycles. The molecule has 6 nitrogen and oxygen atoms in total. The van der Waals surface area contributed by atoms with Gasteiger partial charge in [0.25, 0.3) is 0 Å². The predicted octanol–water partition coefficient (Wildman–Crippen LogP) is 2.59. The van der Waals surface area contributed by atoms with Crippen LogP contribution in [0.4, 0.5) is 0 Å². The molecule has 6 heteroatoms. The van der Waals surface area contributed by atoms with Crippen molar-refractivity contribution >= 4 is 11.8 Å². The van der Waals surface area contributed by atoms with Crippen LogP contribution < -0.4 is 5.32 Å². The summed E-state index contributed by atoms with van der Waals surface area (Å²) in [5.74, 6) is 0.509. The molecule has 2 aliphatic rings. The number of nitrogens with one attached hydrogen (secondary N) is 1. The van der Waals surface area contributed by atoms with Crippen molar-refractivity contribution in [1.82, 2.24) is 20.1 Å². The fraction of sp³-hybridized carbons (Fsp3) is 0.682. The third-order valence-electron chi connectivity index (χ3n) is 6.07. The van der Waals surface area contributed by atoms with Crippen LogP contribution in [-0.4, -0.2) is 58.8 Å². The monoisotopic (exact) mass is 386 g/mol. The zero-order chi connectivity index (χ0) is 19.8. The highest BCUT2D eigenvalue weighted by Gasteiger charge is 2.32. The van der Waals surface area contributed by atoms with Gasteiger partial charge in [-0.15, -0.1) is 0 Å². The Kier molecular flexibility index (Phi) is 7.83. The lowest BCUT2D eigenvalue weighted by molar-refractivity contribution is -0.133. The lowest BCUT2D eigenvalue weighted by atomic mass is 9.93. The van der Waals surface area contributed by atoms with E-state index >= 15 is 0 Å². The number of unbranched alkanes of at least 4 members (excludes halogenated alkanes) is 1. The average Bonchev–Trinajstić information content (AvgIpc) is 2.76. The maximum atomic E-state index is 12.6. The van der Waals surface area contributed by atoms with Crippen LogP contribution >= 0.6 is 0 Å². The number of carbonyl (C=O) groups excluding carboxylic acids is 2. The number of hydrogen-bond acceptors (Lipinski definition) is 4.